The van der Waals surface area contributed by atoms with Gasteiger partial charge < -0.3 is 14.4 Å². The maximum Gasteiger partial charge on any atom is 0.227 e. The third-order valence-corrected chi connectivity index (χ3v) is 1.58. The third kappa shape index (κ3) is 2.69. The molecule has 1 atom stereocenters. The Labute approximate surface area is 75.7 Å². The van der Waals surface area contributed by atoms with E-state index >= 15 is 0 Å². The van der Waals surface area contributed by atoms with Crippen LogP contribution in [0.3, 0.4) is 0 Å². The van der Waals surface area contributed by atoms with Crippen LogP contribution >= 0.6 is 0 Å². The van der Waals surface area contributed by atoms with Gasteiger partial charge in [0, 0.05) is 19.5 Å². The number of hydrogen-bond donors (Lipinski definition) is 3. The standard InChI is InChI=1S/C7H13N3O3/c1-13-5-6(11)4-10-3-2-8-7(10)9-12/h2-3,6,11-12H,4-5H2,1H3,(H,8,9). The number of methoxy groups -OCH3 is 1. The molecule has 0 saturated carbocycles. The van der Waals surface area contributed by atoms with E-state index in [4.69, 9.17) is 9.94 Å². The summed E-state index contributed by atoms with van der Waals surface area (Å²) in [6.45, 7) is 0.583. The Kier molecular flexibility index (Phi) is 3.69. The highest BCUT2D eigenvalue weighted by Crippen LogP contribution is 2.04. The summed E-state index contributed by atoms with van der Waals surface area (Å²) in [4.78, 5) is 3.80. The number of aliphatic hydroxyl groups is 1. The summed E-state index contributed by atoms with van der Waals surface area (Å²) >= 11 is 0. The average Bonchev–Trinajstić information content (AvgIpc) is 2.52. The molecule has 1 rings (SSSR count). The van der Waals surface area contributed by atoms with Gasteiger partial charge in [0.2, 0.25) is 5.95 Å². The first-order valence-corrected chi connectivity index (χ1v) is 3.86. The predicted molar refractivity (Wildman–Crippen MR) is 45.5 cm³/mol. The van der Waals surface area contributed by atoms with Crippen LogP contribution in [0.25, 0.3) is 0 Å². The van der Waals surface area contributed by atoms with Crippen LogP contribution in [-0.4, -0.2) is 39.7 Å². The predicted octanol–water partition coefficient (Wildman–Crippen LogP) is -0.309. The number of rotatable bonds is 5. The van der Waals surface area contributed by atoms with Crippen molar-refractivity contribution in [3.8, 4) is 0 Å². The number of nitrogens with one attached hydrogen (secondary N) is 1. The van der Waals surface area contributed by atoms with E-state index < -0.39 is 6.10 Å². The molecule has 6 heteroatoms. The number of imidazole rings is 1. The van der Waals surface area contributed by atoms with Crippen LogP contribution in [0.1, 0.15) is 0 Å². The molecule has 0 spiro atoms. The Balaban J connectivity index is 2.52. The molecular weight excluding hydrogens is 174 g/mol. The van der Waals surface area contributed by atoms with Crippen molar-refractivity contribution in [1.82, 2.24) is 9.55 Å². The molecule has 0 aliphatic rings. The molecule has 0 bridgehead atoms. The van der Waals surface area contributed by atoms with Gasteiger partial charge in [0.25, 0.3) is 0 Å². The summed E-state index contributed by atoms with van der Waals surface area (Å²) in [5.41, 5.74) is 1.92. The van der Waals surface area contributed by atoms with E-state index in [1.54, 1.807) is 10.8 Å². The molecular formula is C7H13N3O3. The molecule has 1 heterocycles. The lowest BCUT2D eigenvalue weighted by atomic mass is 10.4. The van der Waals surface area contributed by atoms with Gasteiger partial charge in [-0.05, 0) is 0 Å². The van der Waals surface area contributed by atoms with Crippen molar-refractivity contribution >= 4 is 5.95 Å². The minimum absolute atomic E-state index is 0.253. The van der Waals surface area contributed by atoms with Crippen LogP contribution in [0.15, 0.2) is 12.4 Å². The fourth-order valence-electron chi connectivity index (χ4n) is 1.04. The Morgan fingerprint density at radius 2 is 2.54 bits per heavy atom. The van der Waals surface area contributed by atoms with Crippen molar-refractivity contribution < 1.29 is 15.1 Å². The van der Waals surface area contributed by atoms with Crippen molar-refractivity contribution in [3.63, 3.8) is 0 Å². The highest BCUT2D eigenvalue weighted by atomic mass is 16.5. The Morgan fingerprint density at radius 3 is 3.15 bits per heavy atom. The molecule has 74 valence electrons. The smallest absolute Gasteiger partial charge is 0.227 e. The number of aromatic nitrogens is 2. The second kappa shape index (κ2) is 4.80. The zero-order valence-electron chi connectivity index (χ0n) is 7.34. The monoisotopic (exact) mass is 187 g/mol. The van der Waals surface area contributed by atoms with E-state index in [1.165, 1.54) is 13.3 Å². The highest BCUT2D eigenvalue weighted by molar-refractivity contribution is 5.21. The van der Waals surface area contributed by atoms with Crippen LogP contribution in [-0.2, 0) is 11.3 Å². The quantitative estimate of drug-likeness (QED) is 0.551. The number of hydrogen-bond acceptors (Lipinski definition) is 5. The average molecular weight is 187 g/mol. The van der Waals surface area contributed by atoms with Crippen molar-refractivity contribution in [2.24, 2.45) is 0 Å². The maximum atomic E-state index is 9.36. The minimum Gasteiger partial charge on any atom is -0.389 e. The molecule has 3 N–H and O–H groups in total. The molecule has 0 aliphatic carbocycles. The molecule has 1 unspecified atom stereocenters. The van der Waals surface area contributed by atoms with E-state index in [2.05, 4.69) is 4.98 Å². The first-order valence-electron chi connectivity index (χ1n) is 3.86. The fraction of sp³-hybridized carbons (Fsp3) is 0.571. The van der Waals surface area contributed by atoms with Gasteiger partial charge in [-0.1, -0.05) is 0 Å². The Morgan fingerprint density at radius 1 is 1.77 bits per heavy atom. The molecule has 0 aromatic carbocycles. The summed E-state index contributed by atoms with van der Waals surface area (Å²) in [5.74, 6) is 0.301. The van der Waals surface area contributed by atoms with Gasteiger partial charge in [0.15, 0.2) is 0 Å². The van der Waals surface area contributed by atoms with Gasteiger partial charge in [0.1, 0.15) is 0 Å². The topological polar surface area (TPSA) is 79.5 Å². The van der Waals surface area contributed by atoms with Crippen LogP contribution in [0.4, 0.5) is 5.95 Å². The first kappa shape index (κ1) is 9.97. The van der Waals surface area contributed by atoms with E-state index in [1.807, 2.05) is 5.48 Å². The van der Waals surface area contributed by atoms with Crippen molar-refractivity contribution in [2.45, 2.75) is 12.6 Å². The number of anilines is 1. The zero-order chi connectivity index (χ0) is 9.68. The SMILES string of the molecule is COCC(O)Cn1ccnc1NO. The van der Waals surface area contributed by atoms with E-state index in [-0.39, 0.29) is 6.61 Å². The zero-order valence-corrected chi connectivity index (χ0v) is 7.34. The first-order chi connectivity index (χ1) is 6.27. The van der Waals surface area contributed by atoms with Crippen LogP contribution in [0, 0.1) is 0 Å². The highest BCUT2D eigenvalue weighted by Gasteiger charge is 2.07. The Bertz CT molecular complexity index is 251. The summed E-state index contributed by atoms with van der Waals surface area (Å²) in [6, 6.07) is 0. The van der Waals surface area contributed by atoms with Gasteiger partial charge in [-0.2, -0.15) is 0 Å². The van der Waals surface area contributed by atoms with Crippen molar-refractivity contribution in [2.75, 3.05) is 19.2 Å². The van der Waals surface area contributed by atoms with Gasteiger partial charge in [-0.3, -0.25) is 5.21 Å². The van der Waals surface area contributed by atoms with Gasteiger partial charge in [-0.15, -0.1) is 0 Å². The molecule has 13 heavy (non-hydrogen) atoms. The normalized spacial score (nSPS) is 12.8. The minimum atomic E-state index is -0.605. The van der Waals surface area contributed by atoms with Crippen LogP contribution in [0.5, 0.6) is 0 Å². The van der Waals surface area contributed by atoms with Crippen LogP contribution < -0.4 is 5.48 Å². The van der Waals surface area contributed by atoms with Crippen molar-refractivity contribution in [1.29, 1.82) is 0 Å². The maximum absolute atomic E-state index is 9.36. The molecule has 0 fully saturated rings. The molecule has 1 aromatic heterocycles. The molecule has 6 nitrogen and oxygen atoms in total. The molecule has 0 amide bonds. The third-order valence-electron chi connectivity index (χ3n) is 1.58. The number of nitrogens with zero attached hydrogens (tertiary/aromatic N) is 2. The summed E-state index contributed by atoms with van der Waals surface area (Å²) in [7, 11) is 1.52. The molecule has 0 radical (unpaired) electrons. The summed E-state index contributed by atoms with van der Waals surface area (Å²) in [5, 5.41) is 18.0. The molecule has 1 aromatic rings. The lowest BCUT2D eigenvalue weighted by Crippen LogP contribution is -2.21. The molecule has 0 saturated heterocycles. The van der Waals surface area contributed by atoms with Gasteiger partial charge in [-0.25, -0.2) is 10.5 Å². The largest absolute Gasteiger partial charge is 0.389 e. The van der Waals surface area contributed by atoms with Gasteiger partial charge >= 0.3 is 0 Å². The second-order valence-electron chi connectivity index (χ2n) is 2.62. The molecule has 0 aliphatic heterocycles. The Hall–Kier alpha value is -1.11. The van der Waals surface area contributed by atoms with Crippen molar-refractivity contribution in [3.05, 3.63) is 12.4 Å². The number of aliphatic hydroxyl groups excluding tert-OH is 1. The summed E-state index contributed by atoms with van der Waals surface area (Å²) < 4.78 is 6.35. The lowest BCUT2D eigenvalue weighted by molar-refractivity contribution is 0.0538. The van der Waals surface area contributed by atoms with E-state index in [9.17, 15) is 5.11 Å². The second-order valence-corrected chi connectivity index (χ2v) is 2.62. The van der Waals surface area contributed by atoms with Gasteiger partial charge in [0.05, 0.1) is 19.3 Å². The van der Waals surface area contributed by atoms with E-state index in [0.717, 1.165) is 0 Å². The lowest BCUT2D eigenvalue weighted by Gasteiger charge is -2.11. The number of ether oxygens (including phenoxy) is 1. The summed E-state index contributed by atoms with van der Waals surface area (Å²) in [6.07, 6.45) is 2.57. The van der Waals surface area contributed by atoms with E-state index in [0.29, 0.717) is 12.5 Å². The fourth-order valence-corrected chi connectivity index (χ4v) is 1.04. The van der Waals surface area contributed by atoms with Crippen LogP contribution in [0.2, 0.25) is 0 Å².